The van der Waals surface area contributed by atoms with Crippen LogP contribution < -0.4 is 0 Å². The van der Waals surface area contributed by atoms with Crippen LogP contribution in [0.3, 0.4) is 0 Å². The van der Waals surface area contributed by atoms with Crippen LogP contribution in [-0.2, 0) is 5.41 Å². The molecule has 4 fully saturated rings. The number of aromatic nitrogens is 2. The van der Waals surface area contributed by atoms with Gasteiger partial charge in [0.25, 0.3) is 0 Å². The Bertz CT molecular complexity index is 3040. The van der Waals surface area contributed by atoms with Crippen molar-refractivity contribution in [3.05, 3.63) is 157 Å². The Hall–Kier alpha value is -6.06. The SMILES string of the molecule is c1ccc(-c2nc3ccccc3nc2-c2cc(-c3cc4ccccc4c4c3oc3ccccc34)c3c(c2)C2(c4ccccc4-3)C3CC4CC(C3)CC2C4)cc1. The molecule has 0 aliphatic heterocycles. The molecule has 9 aromatic rings. The largest absolute Gasteiger partial charge is 0.455 e. The fourth-order valence-corrected chi connectivity index (χ4v) is 12.4. The Morgan fingerprint density at radius 1 is 0.491 bits per heavy atom. The van der Waals surface area contributed by atoms with Crippen molar-refractivity contribution in [3.63, 3.8) is 0 Å². The van der Waals surface area contributed by atoms with Gasteiger partial charge in [-0.05, 0) is 131 Å². The maximum Gasteiger partial charge on any atom is 0.143 e. The molecule has 0 amide bonds. The quantitative estimate of drug-likeness (QED) is 0.184. The topological polar surface area (TPSA) is 38.9 Å². The molecule has 55 heavy (non-hydrogen) atoms. The number of rotatable bonds is 3. The molecule has 0 N–H and O–H groups in total. The van der Waals surface area contributed by atoms with Crippen molar-refractivity contribution in [2.75, 3.05) is 0 Å². The highest BCUT2D eigenvalue weighted by Gasteiger charge is 2.62. The number of benzene rings is 7. The monoisotopic (exact) mass is 706 g/mol. The summed E-state index contributed by atoms with van der Waals surface area (Å²) in [5.41, 5.74) is 16.0. The van der Waals surface area contributed by atoms with Crippen molar-refractivity contribution in [1.82, 2.24) is 9.97 Å². The molecule has 4 bridgehead atoms. The lowest BCUT2D eigenvalue weighted by molar-refractivity contribution is -0.0399. The minimum Gasteiger partial charge on any atom is -0.455 e. The van der Waals surface area contributed by atoms with Crippen molar-refractivity contribution >= 4 is 43.7 Å². The predicted octanol–water partition coefficient (Wildman–Crippen LogP) is 13.4. The minimum absolute atomic E-state index is 0.0227. The van der Waals surface area contributed by atoms with Crippen LogP contribution in [0.25, 0.3) is 88.5 Å². The van der Waals surface area contributed by atoms with Gasteiger partial charge in [0.2, 0.25) is 0 Å². The van der Waals surface area contributed by atoms with E-state index < -0.39 is 0 Å². The van der Waals surface area contributed by atoms with E-state index in [0.717, 1.165) is 67.5 Å². The van der Waals surface area contributed by atoms with Crippen LogP contribution in [0.1, 0.15) is 43.2 Å². The third-order valence-corrected chi connectivity index (χ3v) is 14.2. The Kier molecular flexibility index (Phi) is 6.06. The van der Waals surface area contributed by atoms with Gasteiger partial charge in [-0.3, -0.25) is 0 Å². The highest BCUT2D eigenvalue weighted by molar-refractivity contribution is 6.23. The van der Waals surface area contributed by atoms with E-state index in [4.69, 9.17) is 14.4 Å². The summed E-state index contributed by atoms with van der Waals surface area (Å²) in [6.45, 7) is 0. The van der Waals surface area contributed by atoms with Crippen LogP contribution in [0, 0.1) is 23.7 Å². The summed E-state index contributed by atoms with van der Waals surface area (Å²) in [7, 11) is 0. The Morgan fingerprint density at radius 3 is 1.91 bits per heavy atom. The van der Waals surface area contributed by atoms with Gasteiger partial charge in [-0.15, -0.1) is 0 Å². The molecular formula is C52H38N2O. The zero-order chi connectivity index (χ0) is 35.8. The molecule has 0 atom stereocenters. The summed E-state index contributed by atoms with van der Waals surface area (Å²) in [4.78, 5) is 10.9. The zero-order valence-electron chi connectivity index (χ0n) is 30.5. The van der Waals surface area contributed by atoms with Gasteiger partial charge in [0, 0.05) is 32.9 Å². The van der Waals surface area contributed by atoms with Crippen LogP contribution in [0.4, 0.5) is 0 Å². The first-order valence-electron chi connectivity index (χ1n) is 20.2. The van der Waals surface area contributed by atoms with Crippen molar-refractivity contribution in [2.45, 2.75) is 37.5 Å². The van der Waals surface area contributed by atoms with E-state index >= 15 is 0 Å². The second-order valence-corrected chi connectivity index (χ2v) is 16.9. The van der Waals surface area contributed by atoms with Crippen LogP contribution in [0.5, 0.6) is 0 Å². The number of para-hydroxylation sites is 3. The molecule has 2 heterocycles. The van der Waals surface area contributed by atoms with Gasteiger partial charge >= 0.3 is 0 Å². The molecular weight excluding hydrogens is 669 g/mol. The Balaban J connectivity index is 1.20. The van der Waals surface area contributed by atoms with Crippen molar-refractivity contribution in [1.29, 1.82) is 0 Å². The lowest BCUT2D eigenvalue weighted by Crippen LogP contribution is -2.55. The summed E-state index contributed by atoms with van der Waals surface area (Å²) in [5, 5.41) is 4.80. The lowest BCUT2D eigenvalue weighted by atomic mass is 9.43. The molecule has 0 saturated heterocycles. The van der Waals surface area contributed by atoms with Gasteiger partial charge in [0.05, 0.1) is 22.4 Å². The fraction of sp³-hybridized carbons (Fsp3) is 0.192. The standard InChI is InChI=1S/C52H38N2O/c1-2-12-32(13-3-1)49-50(54-45-20-10-9-19-44(45)53-49)34-28-40(41-27-33-14-4-5-15-37(33)48-39-17-7-11-21-46(39)55-51(41)48)47-38-16-6-8-18-42(38)52(43(47)29-34)35-23-30-22-31(25-35)26-36(52)24-30/h1-21,27-31,35-36H,22-26H2. The summed E-state index contributed by atoms with van der Waals surface area (Å²) in [5.74, 6) is 2.99. The lowest BCUT2D eigenvalue weighted by Gasteiger charge is -2.61. The third kappa shape index (κ3) is 4.06. The van der Waals surface area contributed by atoms with Crippen molar-refractivity contribution in [2.24, 2.45) is 23.7 Å². The highest BCUT2D eigenvalue weighted by atomic mass is 16.3. The van der Waals surface area contributed by atoms with Crippen molar-refractivity contribution in [3.8, 4) is 44.8 Å². The van der Waals surface area contributed by atoms with Gasteiger partial charge in [-0.25, -0.2) is 9.97 Å². The minimum atomic E-state index is -0.0227. The maximum absolute atomic E-state index is 6.99. The van der Waals surface area contributed by atoms with E-state index in [1.165, 1.54) is 70.5 Å². The first-order chi connectivity index (χ1) is 27.2. The van der Waals surface area contributed by atoms with E-state index in [-0.39, 0.29) is 5.41 Å². The van der Waals surface area contributed by atoms with E-state index in [9.17, 15) is 0 Å². The molecule has 7 aromatic carbocycles. The van der Waals surface area contributed by atoms with Crippen molar-refractivity contribution < 1.29 is 4.42 Å². The zero-order valence-corrected chi connectivity index (χ0v) is 30.5. The first kappa shape index (κ1) is 30.3. The molecule has 4 saturated carbocycles. The number of fused-ring (bicyclic) bond motifs is 9. The molecule has 5 aliphatic carbocycles. The molecule has 262 valence electrons. The van der Waals surface area contributed by atoms with Gasteiger partial charge in [0.1, 0.15) is 11.2 Å². The normalized spacial score (nSPS) is 23.3. The van der Waals surface area contributed by atoms with E-state index in [1.807, 2.05) is 0 Å². The molecule has 5 aliphatic rings. The smallest absolute Gasteiger partial charge is 0.143 e. The average Bonchev–Trinajstić information content (AvgIpc) is 3.77. The van der Waals surface area contributed by atoms with Crippen LogP contribution in [0.2, 0.25) is 0 Å². The summed E-state index contributed by atoms with van der Waals surface area (Å²) in [6.07, 6.45) is 6.74. The molecule has 0 radical (unpaired) electrons. The maximum atomic E-state index is 6.99. The van der Waals surface area contributed by atoms with Crippen LogP contribution >= 0.6 is 0 Å². The van der Waals surface area contributed by atoms with E-state index in [1.54, 1.807) is 5.56 Å². The van der Waals surface area contributed by atoms with Crippen LogP contribution in [-0.4, -0.2) is 9.97 Å². The highest BCUT2D eigenvalue weighted by Crippen LogP contribution is 2.70. The summed E-state index contributed by atoms with van der Waals surface area (Å²) in [6, 6.07) is 53.2. The van der Waals surface area contributed by atoms with E-state index in [0.29, 0.717) is 11.8 Å². The number of hydrogen-bond acceptors (Lipinski definition) is 3. The molecule has 3 heteroatoms. The van der Waals surface area contributed by atoms with Gasteiger partial charge < -0.3 is 4.42 Å². The molecule has 2 aromatic heterocycles. The van der Waals surface area contributed by atoms with E-state index in [2.05, 4.69) is 146 Å². The average molecular weight is 707 g/mol. The summed E-state index contributed by atoms with van der Waals surface area (Å²) >= 11 is 0. The third-order valence-electron chi connectivity index (χ3n) is 14.2. The molecule has 14 rings (SSSR count). The second kappa shape index (κ2) is 11.0. The van der Waals surface area contributed by atoms with Crippen LogP contribution in [0.15, 0.2) is 150 Å². The second-order valence-electron chi connectivity index (χ2n) is 16.9. The Morgan fingerprint density at radius 2 is 1.13 bits per heavy atom. The summed E-state index contributed by atoms with van der Waals surface area (Å²) < 4.78 is 6.99. The van der Waals surface area contributed by atoms with Gasteiger partial charge in [0.15, 0.2) is 0 Å². The van der Waals surface area contributed by atoms with Gasteiger partial charge in [-0.1, -0.05) is 109 Å². The number of furan rings is 1. The van der Waals surface area contributed by atoms with Gasteiger partial charge in [-0.2, -0.15) is 0 Å². The fourth-order valence-electron chi connectivity index (χ4n) is 12.4. The number of hydrogen-bond donors (Lipinski definition) is 0. The predicted molar refractivity (Wildman–Crippen MR) is 224 cm³/mol. The first-order valence-corrected chi connectivity index (χ1v) is 20.2. The molecule has 3 nitrogen and oxygen atoms in total. The number of nitrogens with zero attached hydrogens (tertiary/aromatic N) is 2. The Labute approximate surface area is 319 Å². The molecule has 1 spiro atoms. The molecule has 0 unspecified atom stereocenters.